The first-order chi connectivity index (χ1) is 5.94. The Morgan fingerprint density at radius 3 is 2.31 bits per heavy atom. The van der Waals surface area contributed by atoms with Gasteiger partial charge in [0.1, 0.15) is 5.78 Å². The number of halogens is 1. The van der Waals surface area contributed by atoms with Crippen LogP contribution in [0.15, 0.2) is 0 Å². The van der Waals surface area contributed by atoms with Crippen LogP contribution in [0.25, 0.3) is 0 Å². The third-order valence-electron chi connectivity index (χ3n) is 1.92. The number of ether oxygens (including phenoxy) is 1. The molecule has 0 bridgehead atoms. The Bertz CT molecular complexity index is 199. The van der Waals surface area contributed by atoms with E-state index in [0.29, 0.717) is 12.8 Å². The van der Waals surface area contributed by atoms with Crippen LogP contribution in [-0.4, -0.2) is 24.7 Å². The van der Waals surface area contributed by atoms with Gasteiger partial charge in [0.25, 0.3) is 0 Å². The van der Waals surface area contributed by atoms with Crippen molar-refractivity contribution in [2.75, 3.05) is 13.0 Å². The van der Waals surface area contributed by atoms with Crippen molar-refractivity contribution in [1.82, 2.24) is 0 Å². The van der Waals surface area contributed by atoms with Crippen molar-refractivity contribution in [2.45, 2.75) is 26.7 Å². The average Bonchev–Trinajstić information content (AvgIpc) is 2.12. The number of carbonyl (C=O) groups excluding carboxylic acids is 2. The number of Topliss-reactive ketones (excluding diaryl/α,β-unsaturated/α-hetero) is 1. The zero-order valence-corrected chi connectivity index (χ0v) is 8.98. The van der Waals surface area contributed by atoms with Crippen LogP contribution in [-0.2, 0) is 14.3 Å². The molecule has 0 fully saturated rings. The number of hydrogen-bond donors (Lipinski definition) is 0. The fourth-order valence-electron chi connectivity index (χ4n) is 0.897. The molecule has 76 valence electrons. The first-order valence-corrected chi connectivity index (χ1v) is 4.63. The predicted octanol–water partition coefficient (Wildman–Crippen LogP) is 1.77. The quantitative estimate of drug-likeness (QED) is 0.509. The van der Waals surface area contributed by atoms with E-state index < -0.39 is 5.41 Å². The van der Waals surface area contributed by atoms with E-state index in [1.165, 1.54) is 7.11 Å². The number of hydrogen-bond acceptors (Lipinski definition) is 3. The van der Waals surface area contributed by atoms with Gasteiger partial charge in [0, 0.05) is 6.42 Å². The van der Waals surface area contributed by atoms with Gasteiger partial charge in [0.05, 0.1) is 18.4 Å². The zero-order chi connectivity index (χ0) is 10.5. The summed E-state index contributed by atoms with van der Waals surface area (Å²) in [5.74, 6) is -0.328. The van der Waals surface area contributed by atoms with Gasteiger partial charge in [-0.1, -0.05) is 0 Å². The van der Waals surface area contributed by atoms with Crippen LogP contribution >= 0.6 is 11.6 Å². The van der Waals surface area contributed by atoms with Crippen LogP contribution in [0.3, 0.4) is 0 Å². The molecule has 13 heavy (non-hydrogen) atoms. The Morgan fingerprint density at radius 2 is 1.92 bits per heavy atom. The molecule has 0 amide bonds. The minimum atomic E-state index is -0.601. The molecule has 0 aliphatic rings. The zero-order valence-electron chi connectivity index (χ0n) is 8.22. The summed E-state index contributed by atoms with van der Waals surface area (Å²) in [5.41, 5.74) is -0.601. The highest BCUT2D eigenvalue weighted by atomic mass is 35.5. The molecule has 0 aromatic heterocycles. The Hall–Kier alpha value is -0.570. The molecule has 0 saturated carbocycles. The summed E-state index contributed by atoms with van der Waals surface area (Å²) in [6, 6.07) is 0. The summed E-state index contributed by atoms with van der Waals surface area (Å²) in [7, 11) is 1.34. The van der Waals surface area contributed by atoms with E-state index in [0.717, 1.165) is 0 Å². The van der Waals surface area contributed by atoms with Gasteiger partial charge in [-0.25, -0.2) is 0 Å². The Morgan fingerprint density at radius 1 is 1.38 bits per heavy atom. The molecule has 0 radical (unpaired) electrons. The van der Waals surface area contributed by atoms with E-state index >= 15 is 0 Å². The fraction of sp³-hybridized carbons (Fsp3) is 0.778. The lowest BCUT2D eigenvalue weighted by Crippen LogP contribution is -2.26. The standard InChI is InChI=1S/C9H15ClO3/c1-9(2,8(12)13-3)5-4-7(11)6-10/h4-6H2,1-3H3. The minimum Gasteiger partial charge on any atom is -0.469 e. The molecule has 0 spiro atoms. The lowest BCUT2D eigenvalue weighted by Gasteiger charge is -2.20. The number of methoxy groups -OCH3 is 1. The van der Waals surface area contributed by atoms with Gasteiger partial charge in [-0.2, -0.15) is 0 Å². The number of rotatable bonds is 5. The van der Waals surface area contributed by atoms with E-state index in [2.05, 4.69) is 4.74 Å². The van der Waals surface area contributed by atoms with Crippen molar-refractivity contribution in [1.29, 1.82) is 0 Å². The molecule has 0 unspecified atom stereocenters. The normalized spacial score (nSPS) is 11.1. The minimum absolute atomic E-state index is 0.0112. The topological polar surface area (TPSA) is 43.4 Å². The molecule has 0 rings (SSSR count). The highest BCUT2D eigenvalue weighted by Crippen LogP contribution is 2.23. The van der Waals surface area contributed by atoms with E-state index in [4.69, 9.17) is 11.6 Å². The summed E-state index contributed by atoms with van der Waals surface area (Å²) in [4.78, 5) is 22.1. The second-order valence-corrected chi connectivity index (χ2v) is 3.82. The van der Waals surface area contributed by atoms with Crippen LogP contribution in [0.1, 0.15) is 26.7 Å². The van der Waals surface area contributed by atoms with Crippen molar-refractivity contribution in [3.8, 4) is 0 Å². The highest BCUT2D eigenvalue weighted by Gasteiger charge is 2.28. The summed E-state index contributed by atoms with van der Waals surface area (Å²) < 4.78 is 4.60. The molecular weight excluding hydrogens is 192 g/mol. The molecule has 0 saturated heterocycles. The first-order valence-electron chi connectivity index (χ1n) is 4.10. The van der Waals surface area contributed by atoms with Gasteiger partial charge in [-0.05, 0) is 20.3 Å². The molecule has 0 atom stereocenters. The third kappa shape index (κ3) is 4.27. The SMILES string of the molecule is COC(=O)C(C)(C)CCC(=O)CCl. The molecule has 0 aromatic carbocycles. The first kappa shape index (κ1) is 12.4. The van der Waals surface area contributed by atoms with Gasteiger partial charge in [0.2, 0.25) is 0 Å². The molecule has 3 nitrogen and oxygen atoms in total. The average molecular weight is 207 g/mol. The van der Waals surface area contributed by atoms with Crippen LogP contribution in [0, 0.1) is 5.41 Å². The van der Waals surface area contributed by atoms with Gasteiger partial charge in [-0.3, -0.25) is 9.59 Å². The van der Waals surface area contributed by atoms with Crippen molar-refractivity contribution in [3.05, 3.63) is 0 Å². The smallest absolute Gasteiger partial charge is 0.311 e. The van der Waals surface area contributed by atoms with E-state index in [9.17, 15) is 9.59 Å². The van der Waals surface area contributed by atoms with Crippen molar-refractivity contribution < 1.29 is 14.3 Å². The number of ketones is 1. The number of carbonyl (C=O) groups is 2. The number of esters is 1. The van der Waals surface area contributed by atoms with Crippen molar-refractivity contribution >= 4 is 23.4 Å². The Labute approximate surface area is 83.4 Å². The monoisotopic (exact) mass is 206 g/mol. The summed E-state index contributed by atoms with van der Waals surface area (Å²) in [6.07, 6.45) is 0.802. The number of alkyl halides is 1. The molecule has 0 aliphatic heterocycles. The van der Waals surface area contributed by atoms with Gasteiger partial charge >= 0.3 is 5.97 Å². The van der Waals surface area contributed by atoms with Crippen molar-refractivity contribution in [3.63, 3.8) is 0 Å². The molecule has 0 N–H and O–H groups in total. The fourth-order valence-corrected chi connectivity index (χ4v) is 1.03. The van der Waals surface area contributed by atoms with Crippen LogP contribution < -0.4 is 0 Å². The summed E-state index contributed by atoms with van der Waals surface area (Å²) in [5, 5.41) is 0. The van der Waals surface area contributed by atoms with Crippen LogP contribution in [0.5, 0.6) is 0 Å². The molecule has 0 aliphatic carbocycles. The lowest BCUT2D eigenvalue weighted by molar-refractivity contribution is -0.151. The molecule has 0 heterocycles. The second kappa shape index (κ2) is 5.22. The van der Waals surface area contributed by atoms with Gasteiger partial charge < -0.3 is 4.74 Å². The Kier molecular flexibility index (Phi) is 4.99. The maximum Gasteiger partial charge on any atom is 0.311 e. The predicted molar refractivity (Wildman–Crippen MR) is 50.8 cm³/mol. The van der Waals surface area contributed by atoms with Gasteiger partial charge in [0.15, 0.2) is 0 Å². The molecule has 0 aromatic rings. The van der Waals surface area contributed by atoms with E-state index in [-0.39, 0.29) is 17.6 Å². The lowest BCUT2D eigenvalue weighted by atomic mass is 9.87. The van der Waals surface area contributed by atoms with Crippen LogP contribution in [0.4, 0.5) is 0 Å². The maximum atomic E-state index is 11.2. The summed E-state index contributed by atoms with van der Waals surface area (Å²) in [6.45, 7) is 3.50. The maximum absolute atomic E-state index is 11.2. The molecular formula is C9H15ClO3. The third-order valence-corrected chi connectivity index (χ3v) is 2.21. The van der Waals surface area contributed by atoms with Gasteiger partial charge in [-0.15, -0.1) is 11.6 Å². The summed E-state index contributed by atoms with van der Waals surface area (Å²) >= 11 is 5.33. The largest absolute Gasteiger partial charge is 0.469 e. The molecule has 4 heteroatoms. The highest BCUT2D eigenvalue weighted by molar-refractivity contribution is 6.27. The Balaban J connectivity index is 4.03. The second-order valence-electron chi connectivity index (χ2n) is 3.55. The van der Waals surface area contributed by atoms with Crippen molar-refractivity contribution in [2.24, 2.45) is 5.41 Å². The van der Waals surface area contributed by atoms with Crippen LogP contribution in [0.2, 0.25) is 0 Å². The van der Waals surface area contributed by atoms with E-state index in [1.54, 1.807) is 13.8 Å². The van der Waals surface area contributed by atoms with E-state index in [1.807, 2.05) is 0 Å².